The Bertz CT molecular complexity index is 905. The van der Waals surface area contributed by atoms with E-state index in [0.717, 1.165) is 29.8 Å². The lowest BCUT2D eigenvalue weighted by Crippen LogP contribution is -2.36. The fraction of sp³-hybridized carbons (Fsp3) is 0.381. The van der Waals surface area contributed by atoms with Crippen LogP contribution in [0.1, 0.15) is 46.3 Å². The van der Waals surface area contributed by atoms with Gasteiger partial charge in [-0.15, -0.1) is 0 Å². The highest BCUT2D eigenvalue weighted by atomic mass is 16.3. The number of aromatic nitrogens is 1. The maximum Gasteiger partial charge on any atom is 0.267 e. The second-order valence-corrected chi connectivity index (χ2v) is 7.21. The minimum absolute atomic E-state index is 0.0750. The molecule has 0 bridgehead atoms. The van der Waals surface area contributed by atoms with Crippen LogP contribution in [-0.4, -0.2) is 35.4 Å². The molecule has 136 valence electrons. The molecule has 1 aliphatic rings. The first-order chi connectivity index (χ1) is 12.6. The molecule has 1 unspecified atom stereocenters. The van der Waals surface area contributed by atoms with Gasteiger partial charge in [-0.1, -0.05) is 6.07 Å². The average molecular weight is 351 g/mol. The summed E-state index contributed by atoms with van der Waals surface area (Å²) in [5.41, 5.74) is 3.99. The van der Waals surface area contributed by atoms with Crippen molar-refractivity contribution in [2.45, 2.75) is 32.7 Å². The molecule has 3 heterocycles. The fourth-order valence-electron chi connectivity index (χ4n) is 3.95. The first-order valence-corrected chi connectivity index (χ1v) is 9.27. The van der Waals surface area contributed by atoms with Crippen molar-refractivity contribution in [1.29, 1.82) is 0 Å². The van der Waals surface area contributed by atoms with Gasteiger partial charge in [-0.05, 0) is 75.2 Å². The number of H-pyrrole nitrogens is 1. The van der Waals surface area contributed by atoms with Crippen LogP contribution in [0.5, 0.6) is 0 Å². The number of fused-ring (bicyclic) bond motifs is 1. The molecule has 3 aromatic rings. The van der Waals surface area contributed by atoms with Gasteiger partial charge in [0.2, 0.25) is 0 Å². The number of nitrogens with one attached hydrogen (secondary N) is 2. The Hall–Kier alpha value is -2.53. The lowest BCUT2D eigenvalue weighted by Gasteiger charge is -2.25. The third-order valence-corrected chi connectivity index (χ3v) is 5.24. The number of hydrogen-bond acceptors (Lipinski definition) is 3. The summed E-state index contributed by atoms with van der Waals surface area (Å²) in [6, 6.07) is 10.1. The minimum Gasteiger partial charge on any atom is -0.468 e. The molecule has 1 aliphatic heterocycles. The number of benzene rings is 1. The number of aryl methyl sites for hydroxylation is 2. The zero-order valence-corrected chi connectivity index (χ0v) is 15.3. The molecule has 5 heteroatoms. The molecule has 2 N–H and O–H groups in total. The molecule has 1 atom stereocenters. The Labute approximate surface area is 153 Å². The van der Waals surface area contributed by atoms with Crippen LogP contribution in [0.4, 0.5) is 0 Å². The van der Waals surface area contributed by atoms with Crippen molar-refractivity contribution >= 4 is 16.8 Å². The van der Waals surface area contributed by atoms with Crippen LogP contribution in [0, 0.1) is 13.8 Å². The average Bonchev–Trinajstić information content (AvgIpc) is 3.36. The van der Waals surface area contributed by atoms with Crippen LogP contribution in [0.25, 0.3) is 10.9 Å². The molecule has 1 amide bonds. The molecule has 26 heavy (non-hydrogen) atoms. The Morgan fingerprint density at radius 2 is 2.08 bits per heavy atom. The molecular formula is C21H25N3O2. The van der Waals surface area contributed by atoms with Crippen molar-refractivity contribution in [3.05, 3.63) is 59.2 Å². The van der Waals surface area contributed by atoms with Gasteiger partial charge in [-0.3, -0.25) is 9.69 Å². The quantitative estimate of drug-likeness (QED) is 0.732. The van der Waals surface area contributed by atoms with E-state index in [2.05, 4.69) is 41.2 Å². The number of aromatic amines is 1. The van der Waals surface area contributed by atoms with E-state index in [1.54, 1.807) is 6.26 Å². The van der Waals surface area contributed by atoms with E-state index in [1.165, 1.54) is 24.0 Å². The SMILES string of the molecule is Cc1cc(C)c2cc(C(=O)NCC(c3ccco3)N3CCCC3)[nH]c2c1. The van der Waals surface area contributed by atoms with Crippen molar-refractivity contribution in [3.63, 3.8) is 0 Å². The molecular weight excluding hydrogens is 326 g/mol. The Morgan fingerprint density at radius 3 is 2.81 bits per heavy atom. The summed E-state index contributed by atoms with van der Waals surface area (Å²) in [5.74, 6) is 0.837. The lowest BCUT2D eigenvalue weighted by molar-refractivity contribution is 0.0929. The maximum absolute atomic E-state index is 12.7. The summed E-state index contributed by atoms with van der Waals surface area (Å²) in [7, 11) is 0. The van der Waals surface area contributed by atoms with Gasteiger partial charge >= 0.3 is 0 Å². The topological polar surface area (TPSA) is 61.3 Å². The Kier molecular flexibility index (Phi) is 4.55. The van der Waals surface area contributed by atoms with Crippen molar-refractivity contribution < 1.29 is 9.21 Å². The summed E-state index contributed by atoms with van der Waals surface area (Å²) in [6.45, 7) is 6.78. The van der Waals surface area contributed by atoms with Gasteiger partial charge < -0.3 is 14.7 Å². The van der Waals surface area contributed by atoms with Gasteiger partial charge in [-0.2, -0.15) is 0 Å². The second-order valence-electron chi connectivity index (χ2n) is 7.21. The highest BCUT2D eigenvalue weighted by Crippen LogP contribution is 2.25. The zero-order chi connectivity index (χ0) is 18.1. The number of carbonyl (C=O) groups is 1. The first kappa shape index (κ1) is 16.9. The molecule has 2 aromatic heterocycles. The predicted octanol–water partition coefficient (Wildman–Crippen LogP) is 3.94. The summed E-state index contributed by atoms with van der Waals surface area (Å²) in [6.07, 6.45) is 4.10. The standard InChI is InChI=1S/C21H25N3O2/c1-14-10-15(2)16-12-18(23-17(16)11-14)21(25)22-13-19(20-6-5-9-26-20)24-7-3-4-8-24/h5-6,9-12,19,23H,3-4,7-8,13H2,1-2H3,(H,22,25). The number of furan rings is 1. The van der Waals surface area contributed by atoms with Crippen molar-refractivity contribution in [3.8, 4) is 0 Å². The molecule has 1 aromatic carbocycles. The van der Waals surface area contributed by atoms with Crippen LogP contribution in [-0.2, 0) is 0 Å². The molecule has 0 saturated carbocycles. The van der Waals surface area contributed by atoms with E-state index in [9.17, 15) is 4.79 Å². The van der Waals surface area contributed by atoms with Crippen LogP contribution < -0.4 is 5.32 Å². The van der Waals surface area contributed by atoms with E-state index in [-0.39, 0.29) is 11.9 Å². The summed E-state index contributed by atoms with van der Waals surface area (Å²) >= 11 is 0. The number of hydrogen-bond donors (Lipinski definition) is 2. The summed E-state index contributed by atoms with van der Waals surface area (Å²) in [5, 5.41) is 4.19. The van der Waals surface area contributed by atoms with E-state index in [1.807, 2.05) is 18.2 Å². The maximum atomic E-state index is 12.7. The number of rotatable bonds is 5. The van der Waals surface area contributed by atoms with Crippen molar-refractivity contribution in [2.24, 2.45) is 0 Å². The number of amides is 1. The molecule has 0 spiro atoms. The molecule has 0 aliphatic carbocycles. The van der Waals surface area contributed by atoms with Gasteiger partial charge in [0.05, 0.1) is 12.3 Å². The number of carbonyl (C=O) groups excluding carboxylic acids is 1. The van der Waals surface area contributed by atoms with Gasteiger partial charge in [0, 0.05) is 17.4 Å². The molecule has 0 radical (unpaired) electrons. The molecule has 4 rings (SSSR count). The van der Waals surface area contributed by atoms with E-state index in [4.69, 9.17) is 4.42 Å². The smallest absolute Gasteiger partial charge is 0.267 e. The van der Waals surface area contributed by atoms with E-state index >= 15 is 0 Å². The number of nitrogens with zero attached hydrogens (tertiary/aromatic N) is 1. The molecule has 1 saturated heterocycles. The minimum atomic E-state index is -0.0750. The van der Waals surface area contributed by atoms with Crippen LogP contribution in [0.2, 0.25) is 0 Å². The predicted molar refractivity (Wildman–Crippen MR) is 102 cm³/mol. The zero-order valence-electron chi connectivity index (χ0n) is 15.3. The first-order valence-electron chi connectivity index (χ1n) is 9.27. The summed E-state index contributed by atoms with van der Waals surface area (Å²) in [4.78, 5) is 18.4. The van der Waals surface area contributed by atoms with Crippen molar-refractivity contribution in [2.75, 3.05) is 19.6 Å². The van der Waals surface area contributed by atoms with Gasteiger partial charge in [-0.25, -0.2) is 0 Å². The Morgan fingerprint density at radius 1 is 1.27 bits per heavy atom. The molecule has 1 fully saturated rings. The third-order valence-electron chi connectivity index (χ3n) is 5.24. The van der Waals surface area contributed by atoms with E-state index < -0.39 is 0 Å². The Balaban J connectivity index is 1.51. The monoisotopic (exact) mass is 351 g/mol. The number of likely N-dealkylation sites (tertiary alicyclic amines) is 1. The summed E-state index contributed by atoms with van der Waals surface area (Å²) < 4.78 is 5.62. The third kappa shape index (κ3) is 3.27. The highest BCUT2D eigenvalue weighted by Gasteiger charge is 2.26. The molecule has 5 nitrogen and oxygen atoms in total. The van der Waals surface area contributed by atoms with Gasteiger partial charge in [0.25, 0.3) is 5.91 Å². The van der Waals surface area contributed by atoms with Gasteiger partial charge in [0.1, 0.15) is 11.5 Å². The highest BCUT2D eigenvalue weighted by molar-refractivity contribution is 5.99. The van der Waals surface area contributed by atoms with Crippen LogP contribution >= 0.6 is 0 Å². The van der Waals surface area contributed by atoms with Crippen LogP contribution in [0.3, 0.4) is 0 Å². The normalized spacial score (nSPS) is 16.2. The lowest BCUT2D eigenvalue weighted by atomic mass is 10.1. The van der Waals surface area contributed by atoms with Crippen molar-refractivity contribution in [1.82, 2.24) is 15.2 Å². The second kappa shape index (κ2) is 7.00. The van der Waals surface area contributed by atoms with E-state index in [0.29, 0.717) is 12.2 Å². The largest absolute Gasteiger partial charge is 0.468 e. The van der Waals surface area contributed by atoms with Crippen LogP contribution in [0.15, 0.2) is 41.0 Å². The fourth-order valence-corrected chi connectivity index (χ4v) is 3.95. The van der Waals surface area contributed by atoms with Gasteiger partial charge in [0.15, 0.2) is 0 Å².